The number of ketones is 1. The van der Waals surface area contributed by atoms with Crippen molar-refractivity contribution in [3.05, 3.63) is 93.0 Å². The van der Waals surface area contributed by atoms with Crippen molar-refractivity contribution < 1.29 is 22.7 Å². The molecule has 1 N–H and O–H groups in total. The highest BCUT2D eigenvalue weighted by Crippen LogP contribution is 2.28. The van der Waals surface area contributed by atoms with Gasteiger partial charge in [0.2, 0.25) is 5.78 Å². The van der Waals surface area contributed by atoms with Crippen LogP contribution in [0.3, 0.4) is 0 Å². The van der Waals surface area contributed by atoms with Crippen LogP contribution in [0.4, 0.5) is 5.69 Å². The summed E-state index contributed by atoms with van der Waals surface area (Å²) >= 11 is 11.8. The first-order valence-corrected chi connectivity index (χ1v) is 12.9. The third-order valence-corrected chi connectivity index (χ3v) is 7.35. The highest BCUT2D eigenvalue weighted by Gasteiger charge is 2.22. The standard InChI is InChI=1S/C26H25Cl2NO5S/c1-16-5-8-18(26(2,3)4)13-24(16)35(32,33)29-20-10-6-17(7-11-20)25(31)34-15-23(30)21-12-9-19(27)14-22(21)28/h5-14,29H,15H2,1-4H3. The maximum Gasteiger partial charge on any atom is 0.338 e. The summed E-state index contributed by atoms with van der Waals surface area (Å²) in [5.74, 6) is -1.20. The molecule has 0 heterocycles. The minimum atomic E-state index is -3.85. The molecule has 6 nitrogen and oxygen atoms in total. The van der Waals surface area contributed by atoms with Crippen LogP contribution in [0.25, 0.3) is 0 Å². The number of anilines is 1. The highest BCUT2D eigenvalue weighted by atomic mass is 35.5. The lowest BCUT2D eigenvalue weighted by Crippen LogP contribution is -2.17. The number of rotatable bonds is 7. The van der Waals surface area contributed by atoms with E-state index >= 15 is 0 Å². The molecule has 3 aromatic rings. The number of ether oxygens (including phenoxy) is 1. The summed E-state index contributed by atoms with van der Waals surface area (Å²) in [4.78, 5) is 24.8. The number of sulfonamides is 1. The SMILES string of the molecule is Cc1ccc(C(C)(C)C)cc1S(=O)(=O)Nc1ccc(C(=O)OCC(=O)c2ccc(Cl)cc2Cl)cc1. The van der Waals surface area contributed by atoms with Crippen LogP contribution >= 0.6 is 23.2 Å². The first kappa shape index (κ1) is 26.7. The number of carbonyl (C=O) groups excluding carboxylic acids is 2. The van der Waals surface area contributed by atoms with Crippen LogP contribution < -0.4 is 4.72 Å². The molecule has 0 aliphatic heterocycles. The molecule has 0 amide bonds. The molecule has 0 aromatic heterocycles. The molecule has 0 aliphatic carbocycles. The first-order chi connectivity index (χ1) is 16.3. The minimum absolute atomic E-state index is 0.161. The van der Waals surface area contributed by atoms with Gasteiger partial charge < -0.3 is 4.74 Å². The number of hydrogen-bond donors (Lipinski definition) is 1. The van der Waals surface area contributed by atoms with Crippen LogP contribution in [-0.2, 0) is 20.2 Å². The van der Waals surface area contributed by atoms with Crippen molar-refractivity contribution in [3.8, 4) is 0 Å². The Hall–Kier alpha value is -2.87. The molecule has 0 atom stereocenters. The molecular weight excluding hydrogens is 509 g/mol. The molecule has 0 saturated heterocycles. The molecule has 3 aromatic carbocycles. The summed E-state index contributed by atoms with van der Waals surface area (Å²) in [5.41, 5.74) is 1.95. The van der Waals surface area contributed by atoms with Gasteiger partial charge in [0, 0.05) is 16.3 Å². The maximum absolute atomic E-state index is 13.0. The van der Waals surface area contributed by atoms with E-state index in [4.69, 9.17) is 27.9 Å². The number of hydrogen-bond acceptors (Lipinski definition) is 5. The topological polar surface area (TPSA) is 89.5 Å². The summed E-state index contributed by atoms with van der Waals surface area (Å²) in [6.45, 7) is 7.27. The summed E-state index contributed by atoms with van der Waals surface area (Å²) in [6, 6.07) is 15.5. The van der Waals surface area contributed by atoms with Gasteiger partial charge in [0.05, 0.1) is 15.5 Å². The van der Waals surface area contributed by atoms with Gasteiger partial charge in [-0.05, 0) is 72.0 Å². The van der Waals surface area contributed by atoms with Gasteiger partial charge in [-0.3, -0.25) is 9.52 Å². The van der Waals surface area contributed by atoms with Gasteiger partial charge in [-0.15, -0.1) is 0 Å². The summed E-state index contributed by atoms with van der Waals surface area (Å²) in [6.07, 6.45) is 0. The number of carbonyl (C=O) groups is 2. The van der Waals surface area contributed by atoms with E-state index in [1.165, 1.54) is 42.5 Å². The molecule has 0 aliphatic rings. The molecule has 0 spiro atoms. The quantitative estimate of drug-likeness (QED) is 0.278. The van der Waals surface area contributed by atoms with Crippen LogP contribution in [0.1, 0.15) is 52.6 Å². The molecule has 0 bridgehead atoms. The zero-order chi connectivity index (χ0) is 26.0. The Kier molecular flexibility index (Phi) is 7.94. The average molecular weight is 534 g/mol. The van der Waals surface area contributed by atoms with Crippen molar-refractivity contribution in [3.63, 3.8) is 0 Å². The van der Waals surface area contributed by atoms with Crippen LogP contribution in [-0.4, -0.2) is 26.8 Å². The molecule has 0 radical (unpaired) electrons. The molecule has 35 heavy (non-hydrogen) atoms. The van der Waals surface area contributed by atoms with Gasteiger partial charge in [0.15, 0.2) is 6.61 Å². The fraction of sp³-hybridized carbons (Fsp3) is 0.231. The van der Waals surface area contributed by atoms with E-state index < -0.39 is 28.4 Å². The number of esters is 1. The molecule has 3 rings (SSSR count). The van der Waals surface area contributed by atoms with Crippen LogP contribution in [0.15, 0.2) is 65.6 Å². The number of halogens is 2. The van der Waals surface area contributed by atoms with E-state index in [-0.39, 0.29) is 32.1 Å². The van der Waals surface area contributed by atoms with E-state index in [2.05, 4.69) is 4.72 Å². The van der Waals surface area contributed by atoms with E-state index in [0.717, 1.165) is 5.56 Å². The van der Waals surface area contributed by atoms with Crippen molar-refractivity contribution in [2.45, 2.75) is 38.0 Å². The second-order valence-corrected chi connectivity index (χ2v) is 11.5. The Bertz CT molecular complexity index is 1380. The molecular formula is C26H25Cl2NO5S. The molecule has 0 unspecified atom stereocenters. The Morgan fingerprint density at radius 1 is 0.943 bits per heavy atom. The molecule has 0 fully saturated rings. The van der Waals surface area contributed by atoms with Crippen molar-refractivity contribution in [2.75, 3.05) is 11.3 Å². The number of nitrogens with one attached hydrogen (secondary N) is 1. The van der Waals surface area contributed by atoms with Gasteiger partial charge in [-0.2, -0.15) is 0 Å². The zero-order valence-corrected chi connectivity index (χ0v) is 22.0. The van der Waals surface area contributed by atoms with Crippen molar-refractivity contribution >= 4 is 50.7 Å². The van der Waals surface area contributed by atoms with E-state index in [0.29, 0.717) is 10.6 Å². The smallest absolute Gasteiger partial charge is 0.338 e. The summed E-state index contributed by atoms with van der Waals surface area (Å²) < 4.78 is 33.7. The molecule has 0 saturated carbocycles. The van der Waals surface area contributed by atoms with E-state index in [1.54, 1.807) is 19.1 Å². The lowest BCUT2D eigenvalue weighted by molar-refractivity contribution is 0.0475. The van der Waals surface area contributed by atoms with Crippen LogP contribution in [0, 0.1) is 6.92 Å². The monoisotopic (exact) mass is 533 g/mol. The minimum Gasteiger partial charge on any atom is -0.454 e. The Labute approximate surface area is 215 Å². The van der Waals surface area contributed by atoms with Crippen molar-refractivity contribution in [1.29, 1.82) is 0 Å². The Balaban J connectivity index is 1.69. The fourth-order valence-electron chi connectivity index (χ4n) is 3.25. The Morgan fingerprint density at radius 2 is 1.60 bits per heavy atom. The second-order valence-electron chi connectivity index (χ2n) is 9.04. The van der Waals surface area contributed by atoms with Gasteiger partial charge >= 0.3 is 5.97 Å². The molecule has 184 valence electrons. The summed E-state index contributed by atoms with van der Waals surface area (Å²) in [5, 5.41) is 0.551. The number of aryl methyl sites for hydroxylation is 1. The van der Waals surface area contributed by atoms with Crippen LogP contribution in [0.2, 0.25) is 10.0 Å². The normalized spacial score (nSPS) is 11.7. The van der Waals surface area contributed by atoms with E-state index in [9.17, 15) is 18.0 Å². The van der Waals surface area contributed by atoms with Gasteiger partial charge in [0.1, 0.15) is 0 Å². The maximum atomic E-state index is 13.0. The molecule has 9 heteroatoms. The predicted octanol–water partition coefficient (Wildman–Crippen LogP) is 6.44. The second kappa shape index (κ2) is 10.4. The summed E-state index contributed by atoms with van der Waals surface area (Å²) in [7, 11) is -3.85. The lowest BCUT2D eigenvalue weighted by atomic mass is 9.87. The zero-order valence-electron chi connectivity index (χ0n) is 19.7. The Morgan fingerprint density at radius 3 is 2.20 bits per heavy atom. The first-order valence-electron chi connectivity index (χ1n) is 10.7. The highest BCUT2D eigenvalue weighted by molar-refractivity contribution is 7.92. The number of Topliss-reactive ketones (excluding diaryl/α,β-unsaturated/α-hetero) is 1. The fourth-order valence-corrected chi connectivity index (χ4v) is 5.09. The lowest BCUT2D eigenvalue weighted by Gasteiger charge is -2.21. The third kappa shape index (κ3) is 6.63. The number of benzene rings is 3. The van der Waals surface area contributed by atoms with E-state index in [1.807, 2.05) is 26.8 Å². The van der Waals surface area contributed by atoms with Gasteiger partial charge in [0.25, 0.3) is 10.0 Å². The predicted molar refractivity (Wildman–Crippen MR) is 138 cm³/mol. The largest absolute Gasteiger partial charge is 0.454 e. The van der Waals surface area contributed by atoms with Crippen molar-refractivity contribution in [2.24, 2.45) is 0 Å². The van der Waals surface area contributed by atoms with Crippen molar-refractivity contribution in [1.82, 2.24) is 0 Å². The average Bonchev–Trinajstić information content (AvgIpc) is 2.77. The van der Waals surface area contributed by atoms with Gasteiger partial charge in [-0.1, -0.05) is 56.1 Å². The van der Waals surface area contributed by atoms with Gasteiger partial charge in [-0.25, -0.2) is 13.2 Å². The third-order valence-electron chi connectivity index (χ3n) is 5.28. The van der Waals surface area contributed by atoms with Crippen LogP contribution in [0.5, 0.6) is 0 Å².